The van der Waals surface area contributed by atoms with E-state index in [0.717, 1.165) is 37.9 Å². The standard InChI is InChI=1S/C19H32N2/c1-4-11-20-12-9-18-5-7-19(8-6-18)15-21-13-10-16(2)17(3)14-21/h5-8,16-17,20H,4,9-15H2,1-3H3. The zero-order valence-electron chi connectivity index (χ0n) is 14.1. The molecule has 1 aromatic rings. The molecule has 2 unspecified atom stereocenters. The van der Waals surface area contributed by atoms with Crippen LogP contribution >= 0.6 is 0 Å². The SMILES string of the molecule is CCCNCCc1ccc(CN2CCC(C)C(C)C2)cc1. The Morgan fingerprint density at radius 2 is 1.76 bits per heavy atom. The van der Waals surface area contributed by atoms with Crippen LogP contribution in [0.4, 0.5) is 0 Å². The topological polar surface area (TPSA) is 15.3 Å². The quantitative estimate of drug-likeness (QED) is 0.770. The largest absolute Gasteiger partial charge is 0.316 e. The van der Waals surface area contributed by atoms with E-state index in [0.29, 0.717) is 0 Å². The van der Waals surface area contributed by atoms with Gasteiger partial charge in [0.1, 0.15) is 0 Å². The van der Waals surface area contributed by atoms with Gasteiger partial charge in [-0.1, -0.05) is 45.0 Å². The Morgan fingerprint density at radius 3 is 2.43 bits per heavy atom. The van der Waals surface area contributed by atoms with Crippen LogP contribution in [-0.4, -0.2) is 31.1 Å². The number of hydrogen-bond donors (Lipinski definition) is 1. The molecule has 1 saturated heterocycles. The van der Waals surface area contributed by atoms with Gasteiger partial charge in [-0.15, -0.1) is 0 Å². The predicted octanol–water partition coefficient (Wildman–Crippen LogP) is 3.71. The third kappa shape index (κ3) is 5.44. The molecule has 0 aromatic heterocycles. The molecular weight excluding hydrogens is 256 g/mol. The Morgan fingerprint density at radius 1 is 1.05 bits per heavy atom. The average molecular weight is 288 g/mol. The molecule has 2 rings (SSSR count). The second kappa shape index (κ2) is 8.55. The van der Waals surface area contributed by atoms with Crippen molar-refractivity contribution < 1.29 is 0 Å². The lowest BCUT2D eigenvalue weighted by Gasteiger charge is -2.35. The van der Waals surface area contributed by atoms with Gasteiger partial charge in [-0.3, -0.25) is 4.90 Å². The first-order valence-electron chi connectivity index (χ1n) is 8.70. The van der Waals surface area contributed by atoms with Crippen LogP contribution in [0.15, 0.2) is 24.3 Å². The number of hydrogen-bond acceptors (Lipinski definition) is 2. The van der Waals surface area contributed by atoms with Crippen LogP contribution in [0.3, 0.4) is 0 Å². The van der Waals surface area contributed by atoms with Crippen molar-refractivity contribution in [1.82, 2.24) is 10.2 Å². The molecule has 2 nitrogen and oxygen atoms in total. The highest BCUT2D eigenvalue weighted by Gasteiger charge is 2.22. The fourth-order valence-corrected chi connectivity index (χ4v) is 3.10. The summed E-state index contributed by atoms with van der Waals surface area (Å²) >= 11 is 0. The highest BCUT2D eigenvalue weighted by molar-refractivity contribution is 5.22. The first kappa shape index (κ1) is 16.5. The Bertz CT molecular complexity index is 399. The van der Waals surface area contributed by atoms with Crippen molar-refractivity contribution >= 4 is 0 Å². The molecule has 118 valence electrons. The molecule has 1 aliphatic rings. The van der Waals surface area contributed by atoms with Crippen molar-refractivity contribution in [3.63, 3.8) is 0 Å². The minimum atomic E-state index is 0.836. The highest BCUT2D eigenvalue weighted by Crippen LogP contribution is 2.23. The summed E-state index contributed by atoms with van der Waals surface area (Å²) in [7, 11) is 0. The molecule has 1 heterocycles. The fourth-order valence-electron chi connectivity index (χ4n) is 3.10. The van der Waals surface area contributed by atoms with E-state index in [1.54, 1.807) is 0 Å². The lowest BCUT2D eigenvalue weighted by atomic mass is 9.88. The van der Waals surface area contributed by atoms with Crippen LogP contribution in [0, 0.1) is 11.8 Å². The van der Waals surface area contributed by atoms with E-state index in [1.807, 2.05) is 0 Å². The lowest BCUT2D eigenvalue weighted by molar-refractivity contribution is 0.132. The van der Waals surface area contributed by atoms with Crippen molar-refractivity contribution in [1.29, 1.82) is 0 Å². The number of rotatable bonds is 7. The van der Waals surface area contributed by atoms with E-state index < -0.39 is 0 Å². The van der Waals surface area contributed by atoms with Gasteiger partial charge in [0, 0.05) is 13.1 Å². The van der Waals surface area contributed by atoms with E-state index in [4.69, 9.17) is 0 Å². The Hall–Kier alpha value is -0.860. The van der Waals surface area contributed by atoms with E-state index >= 15 is 0 Å². The maximum atomic E-state index is 3.46. The third-order valence-electron chi connectivity index (χ3n) is 4.86. The molecule has 1 aliphatic heterocycles. The second-order valence-corrected chi connectivity index (χ2v) is 6.79. The van der Waals surface area contributed by atoms with Gasteiger partial charge in [-0.05, 0) is 61.9 Å². The first-order chi connectivity index (χ1) is 10.2. The van der Waals surface area contributed by atoms with Crippen LogP contribution in [0.25, 0.3) is 0 Å². The van der Waals surface area contributed by atoms with E-state index in [2.05, 4.69) is 55.3 Å². The van der Waals surface area contributed by atoms with Gasteiger partial charge in [0.15, 0.2) is 0 Å². The molecule has 0 aliphatic carbocycles. The van der Waals surface area contributed by atoms with E-state index in [1.165, 1.54) is 37.1 Å². The number of nitrogens with zero attached hydrogens (tertiary/aromatic N) is 1. The van der Waals surface area contributed by atoms with Crippen molar-refractivity contribution in [2.24, 2.45) is 11.8 Å². The summed E-state index contributed by atoms with van der Waals surface area (Å²) in [5.41, 5.74) is 2.91. The van der Waals surface area contributed by atoms with Crippen LogP contribution < -0.4 is 5.32 Å². The van der Waals surface area contributed by atoms with Gasteiger partial charge in [-0.25, -0.2) is 0 Å². The van der Waals surface area contributed by atoms with E-state index in [-0.39, 0.29) is 0 Å². The summed E-state index contributed by atoms with van der Waals surface area (Å²) in [5, 5.41) is 3.46. The van der Waals surface area contributed by atoms with Crippen molar-refractivity contribution in [3.8, 4) is 0 Å². The molecule has 2 heteroatoms. The monoisotopic (exact) mass is 288 g/mol. The van der Waals surface area contributed by atoms with Crippen LogP contribution in [0.5, 0.6) is 0 Å². The maximum absolute atomic E-state index is 3.46. The summed E-state index contributed by atoms with van der Waals surface area (Å²) in [6, 6.07) is 9.24. The fraction of sp³-hybridized carbons (Fsp3) is 0.684. The van der Waals surface area contributed by atoms with Gasteiger partial charge >= 0.3 is 0 Å². The molecule has 0 spiro atoms. The number of benzene rings is 1. The minimum absolute atomic E-state index is 0.836. The van der Waals surface area contributed by atoms with Gasteiger partial charge in [-0.2, -0.15) is 0 Å². The third-order valence-corrected chi connectivity index (χ3v) is 4.86. The minimum Gasteiger partial charge on any atom is -0.316 e. The van der Waals surface area contributed by atoms with Crippen molar-refractivity contribution in [2.75, 3.05) is 26.2 Å². The number of piperidine rings is 1. The molecule has 1 aromatic carbocycles. The lowest BCUT2D eigenvalue weighted by Crippen LogP contribution is -2.37. The predicted molar refractivity (Wildman–Crippen MR) is 91.5 cm³/mol. The normalized spacial score (nSPS) is 23.4. The van der Waals surface area contributed by atoms with Crippen LogP contribution in [0.1, 0.15) is 44.7 Å². The number of nitrogens with one attached hydrogen (secondary N) is 1. The highest BCUT2D eigenvalue weighted by atomic mass is 15.1. The number of likely N-dealkylation sites (tertiary alicyclic amines) is 1. The van der Waals surface area contributed by atoms with Gasteiger partial charge < -0.3 is 5.32 Å². The van der Waals surface area contributed by atoms with Crippen LogP contribution in [0.2, 0.25) is 0 Å². The Labute approximate surface area is 130 Å². The first-order valence-corrected chi connectivity index (χ1v) is 8.70. The van der Waals surface area contributed by atoms with Gasteiger partial charge in [0.25, 0.3) is 0 Å². The summed E-state index contributed by atoms with van der Waals surface area (Å²) in [4.78, 5) is 2.61. The van der Waals surface area contributed by atoms with Crippen molar-refractivity contribution in [2.45, 2.75) is 46.6 Å². The summed E-state index contributed by atoms with van der Waals surface area (Å²) < 4.78 is 0. The molecule has 21 heavy (non-hydrogen) atoms. The molecule has 0 radical (unpaired) electrons. The van der Waals surface area contributed by atoms with E-state index in [9.17, 15) is 0 Å². The molecule has 1 fully saturated rings. The van der Waals surface area contributed by atoms with Crippen molar-refractivity contribution in [3.05, 3.63) is 35.4 Å². The smallest absolute Gasteiger partial charge is 0.0233 e. The molecular formula is C19H32N2. The summed E-state index contributed by atoms with van der Waals surface area (Å²) in [6.45, 7) is 12.8. The summed E-state index contributed by atoms with van der Waals surface area (Å²) in [6.07, 6.45) is 3.70. The zero-order chi connectivity index (χ0) is 15.1. The Kier molecular flexibility index (Phi) is 6.72. The zero-order valence-corrected chi connectivity index (χ0v) is 14.1. The molecule has 1 N–H and O–H groups in total. The van der Waals surface area contributed by atoms with Crippen LogP contribution in [-0.2, 0) is 13.0 Å². The Balaban J connectivity index is 1.77. The maximum Gasteiger partial charge on any atom is 0.0233 e. The van der Waals surface area contributed by atoms with Gasteiger partial charge in [0.05, 0.1) is 0 Å². The molecule has 0 saturated carbocycles. The summed E-state index contributed by atoms with van der Waals surface area (Å²) in [5.74, 6) is 1.72. The molecule has 2 atom stereocenters. The molecule has 0 bridgehead atoms. The second-order valence-electron chi connectivity index (χ2n) is 6.79. The average Bonchev–Trinajstić information content (AvgIpc) is 2.49. The van der Waals surface area contributed by atoms with Gasteiger partial charge in [0.2, 0.25) is 0 Å². The molecule has 0 amide bonds.